The van der Waals surface area contributed by atoms with Crippen molar-refractivity contribution in [2.24, 2.45) is 0 Å². The number of aliphatic hydroxyl groups is 1. The highest BCUT2D eigenvalue weighted by atomic mass is 19.1. The van der Waals surface area contributed by atoms with Crippen molar-refractivity contribution in [1.82, 2.24) is 0 Å². The number of non-ortho nitro benzene ring substituents is 1. The van der Waals surface area contributed by atoms with Gasteiger partial charge in [0, 0.05) is 12.6 Å². The highest BCUT2D eigenvalue weighted by molar-refractivity contribution is 5.65. The molecule has 23 heavy (non-hydrogen) atoms. The predicted octanol–water partition coefficient (Wildman–Crippen LogP) is 2.49. The number of anilines is 1. The van der Waals surface area contributed by atoms with Crippen molar-refractivity contribution in [1.29, 1.82) is 0 Å². The van der Waals surface area contributed by atoms with E-state index in [1.54, 1.807) is 4.90 Å². The molecule has 2 aromatic carbocycles. The van der Waals surface area contributed by atoms with Gasteiger partial charge in [0.05, 0.1) is 29.8 Å². The summed E-state index contributed by atoms with van der Waals surface area (Å²) in [5.41, 5.74) is 0.972. The summed E-state index contributed by atoms with van der Waals surface area (Å²) in [6, 6.07) is 11.6. The number of hydrogen-bond acceptors (Lipinski definition) is 5. The Morgan fingerprint density at radius 2 is 2.09 bits per heavy atom. The number of benzene rings is 2. The van der Waals surface area contributed by atoms with Crippen molar-refractivity contribution in [2.75, 3.05) is 18.1 Å². The topological polar surface area (TPSA) is 75.8 Å². The summed E-state index contributed by atoms with van der Waals surface area (Å²) < 4.78 is 19.6. The normalized spacial score (nSPS) is 16.6. The number of nitro benzene ring substituents is 1. The van der Waals surface area contributed by atoms with Gasteiger partial charge >= 0.3 is 0 Å². The Hall–Kier alpha value is -2.67. The van der Waals surface area contributed by atoms with Crippen molar-refractivity contribution < 1.29 is 19.2 Å². The summed E-state index contributed by atoms with van der Waals surface area (Å²) in [7, 11) is 0. The number of ether oxygens (including phenoxy) is 1. The molecule has 0 saturated carbocycles. The lowest BCUT2D eigenvalue weighted by Gasteiger charge is -2.35. The zero-order valence-corrected chi connectivity index (χ0v) is 12.2. The molecule has 2 aromatic rings. The molecule has 0 bridgehead atoms. The molecule has 0 aromatic heterocycles. The fourth-order valence-electron chi connectivity index (χ4n) is 2.62. The van der Waals surface area contributed by atoms with E-state index in [-0.39, 0.29) is 18.0 Å². The Labute approximate surface area is 131 Å². The third-order valence-corrected chi connectivity index (χ3v) is 3.69. The van der Waals surface area contributed by atoms with Crippen LogP contribution in [0.5, 0.6) is 5.75 Å². The number of halogens is 1. The Balaban J connectivity index is 2.02. The maximum atomic E-state index is 14.2. The van der Waals surface area contributed by atoms with Gasteiger partial charge in [-0.3, -0.25) is 10.1 Å². The van der Waals surface area contributed by atoms with E-state index in [2.05, 4.69) is 0 Å². The minimum absolute atomic E-state index is 0.0585. The number of hydrogen-bond donors (Lipinski definition) is 1. The van der Waals surface area contributed by atoms with E-state index in [0.717, 1.165) is 11.6 Å². The first-order chi connectivity index (χ1) is 11.1. The molecular weight excluding hydrogens is 303 g/mol. The molecule has 1 N–H and O–H groups in total. The second-order valence-corrected chi connectivity index (χ2v) is 5.32. The standard InChI is InChI=1S/C16H15FN2O4/c17-14-6-12(19(21)22)7-15-16(14)23-13(10-20)9-18(15)8-11-4-2-1-3-5-11/h1-7,13,20H,8-10H2. The lowest BCUT2D eigenvalue weighted by molar-refractivity contribution is -0.385. The maximum absolute atomic E-state index is 14.2. The van der Waals surface area contributed by atoms with Crippen LogP contribution in [-0.2, 0) is 6.54 Å². The van der Waals surface area contributed by atoms with Gasteiger partial charge in [-0.05, 0) is 5.56 Å². The molecule has 1 unspecified atom stereocenters. The number of nitro groups is 1. The Morgan fingerprint density at radius 1 is 1.35 bits per heavy atom. The van der Waals surface area contributed by atoms with Gasteiger partial charge in [0.25, 0.3) is 5.69 Å². The molecule has 3 rings (SSSR count). The molecule has 120 valence electrons. The van der Waals surface area contributed by atoms with Gasteiger partial charge in [-0.2, -0.15) is 0 Å². The van der Waals surface area contributed by atoms with Crippen LogP contribution < -0.4 is 9.64 Å². The molecule has 0 spiro atoms. The Bertz CT molecular complexity index is 724. The second kappa shape index (κ2) is 6.21. The van der Waals surface area contributed by atoms with Crippen LogP contribution >= 0.6 is 0 Å². The first-order valence-corrected chi connectivity index (χ1v) is 7.13. The third kappa shape index (κ3) is 3.09. The van der Waals surface area contributed by atoms with Crippen molar-refractivity contribution >= 4 is 11.4 Å². The van der Waals surface area contributed by atoms with E-state index in [0.29, 0.717) is 18.8 Å². The van der Waals surface area contributed by atoms with Crippen LogP contribution in [0.4, 0.5) is 15.8 Å². The molecule has 1 atom stereocenters. The van der Waals surface area contributed by atoms with Crippen molar-refractivity contribution in [3.05, 3.63) is 64.0 Å². The van der Waals surface area contributed by atoms with Gasteiger partial charge in [-0.25, -0.2) is 4.39 Å². The quantitative estimate of drug-likeness (QED) is 0.692. The van der Waals surface area contributed by atoms with E-state index in [1.165, 1.54) is 6.07 Å². The van der Waals surface area contributed by atoms with Crippen molar-refractivity contribution in [3.63, 3.8) is 0 Å². The summed E-state index contributed by atoms with van der Waals surface area (Å²) in [4.78, 5) is 12.1. The van der Waals surface area contributed by atoms with Crippen LogP contribution in [-0.4, -0.2) is 29.3 Å². The molecule has 0 aliphatic carbocycles. The minimum atomic E-state index is -0.801. The molecule has 0 amide bonds. The van der Waals surface area contributed by atoms with Crippen molar-refractivity contribution in [2.45, 2.75) is 12.6 Å². The molecule has 1 aliphatic rings. The molecule has 1 heterocycles. The largest absolute Gasteiger partial charge is 0.481 e. The average Bonchev–Trinajstić information content (AvgIpc) is 2.56. The number of rotatable bonds is 4. The van der Waals surface area contributed by atoms with Gasteiger partial charge in [0.1, 0.15) is 6.10 Å². The van der Waals surface area contributed by atoms with Gasteiger partial charge in [0.2, 0.25) is 0 Å². The number of fused-ring (bicyclic) bond motifs is 1. The van der Waals surface area contributed by atoms with Gasteiger partial charge in [-0.1, -0.05) is 30.3 Å². The summed E-state index contributed by atoms with van der Waals surface area (Å²) in [6.45, 7) is 0.495. The van der Waals surface area contributed by atoms with Gasteiger partial charge in [0.15, 0.2) is 11.6 Å². The van der Waals surface area contributed by atoms with Crippen molar-refractivity contribution in [3.8, 4) is 5.75 Å². The summed E-state index contributed by atoms with van der Waals surface area (Å²) in [5.74, 6) is -0.859. The van der Waals surface area contributed by atoms with Crippen LogP contribution in [0.1, 0.15) is 5.56 Å². The Morgan fingerprint density at radius 3 is 2.74 bits per heavy atom. The van der Waals surface area contributed by atoms with E-state index in [9.17, 15) is 19.6 Å². The second-order valence-electron chi connectivity index (χ2n) is 5.32. The molecule has 0 fully saturated rings. The highest BCUT2D eigenvalue weighted by Gasteiger charge is 2.30. The van der Waals surface area contributed by atoms with E-state index >= 15 is 0 Å². The van der Waals surface area contributed by atoms with Gasteiger partial charge < -0.3 is 14.7 Å². The average molecular weight is 318 g/mol. The Kier molecular flexibility index (Phi) is 4.12. The highest BCUT2D eigenvalue weighted by Crippen LogP contribution is 2.39. The van der Waals surface area contributed by atoms with Gasteiger partial charge in [-0.15, -0.1) is 0 Å². The predicted molar refractivity (Wildman–Crippen MR) is 82.0 cm³/mol. The first kappa shape index (κ1) is 15.2. The number of aliphatic hydroxyl groups excluding tert-OH is 1. The summed E-state index contributed by atoms with van der Waals surface area (Å²) >= 11 is 0. The van der Waals surface area contributed by atoms with E-state index in [1.807, 2.05) is 30.3 Å². The van der Waals surface area contributed by atoms with Crippen LogP contribution in [0.3, 0.4) is 0 Å². The van der Waals surface area contributed by atoms with Crippen LogP contribution in [0, 0.1) is 15.9 Å². The molecule has 7 heteroatoms. The zero-order chi connectivity index (χ0) is 16.4. The molecule has 6 nitrogen and oxygen atoms in total. The zero-order valence-electron chi connectivity index (χ0n) is 12.2. The fourth-order valence-corrected chi connectivity index (χ4v) is 2.62. The summed E-state index contributed by atoms with van der Waals surface area (Å²) in [6.07, 6.45) is -0.581. The van der Waals surface area contributed by atoms with Crippen LogP contribution in [0.15, 0.2) is 42.5 Å². The fraction of sp³-hybridized carbons (Fsp3) is 0.250. The number of nitrogens with zero attached hydrogens (tertiary/aromatic N) is 2. The molecule has 0 saturated heterocycles. The maximum Gasteiger partial charge on any atom is 0.274 e. The van der Waals surface area contributed by atoms with Crippen LogP contribution in [0.2, 0.25) is 0 Å². The summed E-state index contributed by atoms with van der Waals surface area (Å²) in [5, 5.41) is 20.3. The minimum Gasteiger partial charge on any atom is -0.481 e. The third-order valence-electron chi connectivity index (χ3n) is 3.69. The van der Waals surface area contributed by atoms with E-state index < -0.39 is 16.8 Å². The first-order valence-electron chi connectivity index (χ1n) is 7.13. The monoisotopic (exact) mass is 318 g/mol. The SMILES string of the molecule is O=[N+]([O-])c1cc(F)c2c(c1)N(Cc1ccccc1)CC(CO)O2. The molecular formula is C16H15FN2O4. The smallest absolute Gasteiger partial charge is 0.274 e. The van der Waals surface area contributed by atoms with E-state index in [4.69, 9.17) is 4.74 Å². The molecule has 0 radical (unpaired) electrons. The van der Waals surface area contributed by atoms with Crippen LogP contribution in [0.25, 0.3) is 0 Å². The molecule has 1 aliphatic heterocycles. The lowest BCUT2D eigenvalue weighted by Crippen LogP contribution is -2.42. The lowest BCUT2D eigenvalue weighted by atomic mass is 10.1.